The van der Waals surface area contributed by atoms with Gasteiger partial charge in [-0.05, 0) is 0 Å². The van der Waals surface area contributed by atoms with Gasteiger partial charge in [-0.2, -0.15) is 0 Å². The minimum atomic E-state index is -2.82. The van der Waals surface area contributed by atoms with Crippen LogP contribution in [0.3, 0.4) is 0 Å². The van der Waals surface area contributed by atoms with Gasteiger partial charge >= 0.3 is 272 Å². The first-order valence-electron chi connectivity index (χ1n) is 17.3. The zero-order valence-corrected chi connectivity index (χ0v) is 32.1. The van der Waals surface area contributed by atoms with Crippen LogP contribution in [-0.4, -0.2) is 85.0 Å². The molecule has 1 aromatic heterocycles. The van der Waals surface area contributed by atoms with Crippen molar-refractivity contribution in [2.24, 2.45) is 5.92 Å². The van der Waals surface area contributed by atoms with Gasteiger partial charge in [-0.15, -0.1) is 0 Å². The predicted molar refractivity (Wildman–Crippen MR) is 191 cm³/mol. The molecule has 0 spiro atoms. The predicted octanol–water partition coefficient (Wildman–Crippen LogP) is 8.70. The quantitative estimate of drug-likeness (QED) is 0.0437. The van der Waals surface area contributed by atoms with Gasteiger partial charge in [0.15, 0.2) is 0 Å². The molecule has 0 N–H and O–H groups in total. The van der Waals surface area contributed by atoms with Crippen LogP contribution in [-0.2, 0) is 20.5 Å². The number of ether oxygens (including phenoxy) is 1. The van der Waals surface area contributed by atoms with E-state index in [0.717, 1.165) is 68.9 Å². The van der Waals surface area contributed by atoms with E-state index in [0.29, 0.717) is 18.8 Å². The normalized spacial score (nSPS) is 19.4. The Morgan fingerprint density at radius 3 is 2.11 bits per heavy atom. The fourth-order valence-electron chi connectivity index (χ4n) is 7.08. The van der Waals surface area contributed by atoms with Crippen LogP contribution in [0.5, 0.6) is 0 Å². The first kappa shape index (κ1) is 38.8. The van der Waals surface area contributed by atoms with Crippen LogP contribution >= 0.6 is 6.75 Å². The van der Waals surface area contributed by atoms with E-state index in [-0.39, 0.29) is 41.2 Å². The van der Waals surface area contributed by atoms with E-state index >= 15 is 0 Å². The van der Waals surface area contributed by atoms with Crippen molar-refractivity contribution in [3.63, 3.8) is 0 Å². The first-order chi connectivity index (χ1) is 20.6. The summed E-state index contributed by atoms with van der Waals surface area (Å²) in [6.45, 7) is 24.6. The number of amides is 1. The van der Waals surface area contributed by atoms with Crippen molar-refractivity contribution in [1.29, 1.82) is 0 Å². The molecule has 2 rings (SSSR count). The van der Waals surface area contributed by atoms with Gasteiger partial charge in [-0.1, -0.05) is 0 Å². The molecule has 0 bridgehead atoms. The number of allylic oxidation sites excluding steroid dienone is 1. The molecule has 1 fully saturated rings. The first-order valence-corrected chi connectivity index (χ1v) is 23.1. The third kappa shape index (κ3) is 8.32. The van der Waals surface area contributed by atoms with Crippen LogP contribution in [0, 0.1) is 12.8 Å². The Kier molecular flexibility index (Phi) is 14.1. The van der Waals surface area contributed by atoms with Crippen molar-refractivity contribution >= 4 is 26.8 Å². The Morgan fingerprint density at radius 2 is 1.66 bits per heavy atom. The second-order valence-electron chi connectivity index (χ2n) is 15.0. The Morgan fingerprint density at radius 1 is 1.11 bits per heavy atom. The monoisotopic (exact) mass is 651 g/mol. The minimum absolute atomic E-state index is 0.00739. The molecule has 1 amide bonds. The van der Waals surface area contributed by atoms with Gasteiger partial charge in [-0.3, -0.25) is 0 Å². The molecule has 1 aliphatic heterocycles. The summed E-state index contributed by atoms with van der Waals surface area (Å²) in [5.74, 6) is -0.118. The van der Waals surface area contributed by atoms with Crippen molar-refractivity contribution in [2.45, 2.75) is 137 Å². The Hall–Kier alpha value is -1.34. The summed E-state index contributed by atoms with van der Waals surface area (Å²) >= 11 is 0. The number of nitrogens with zero attached hydrogens (tertiary/aromatic N) is 3. The Balaban J connectivity index is 2.68. The molecule has 1 aliphatic rings. The fraction of sp³-hybridized carbons (Fsp3) is 0.800. The zero-order chi connectivity index (χ0) is 33.4. The number of carbonyl (C=O) groups excluding carboxylic acids is 2. The van der Waals surface area contributed by atoms with Crippen molar-refractivity contribution < 1.29 is 18.8 Å². The Labute approximate surface area is 271 Å². The molecule has 0 aliphatic carbocycles. The van der Waals surface area contributed by atoms with E-state index < -0.39 is 15.1 Å². The maximum absolute atomic E-state index is 14.8. The molecule has 7 nitrogen and oxygen atoms in total. The average Bonchev–Trinajstić information content (AvgIpc) is 3.32. The summed E-state index contributed by atoms with van der Waals surface area (Å²) in [6.07, 6.45) is 12.7. The van der Waals surface area contributed by atoms with Gasteiger partial charge in [-0.25, -0.2) is 0 Å². The van der Waals surface area contributed by atoms with E-state index in [9.17, 15) is 9.59 Å². The topological polar surface area (TPSA) is 73.7 Å². The van der Waals surface area contributed by atoms with Crippen LogP contribution in [0.2, 0.25) is 18.1 Å². The SMILES string of the molecule is C=CCP(CCCC)(CCCC)(CCCC)N1C(=O)[C@H]([C@@H](C)O[Si](C)(C)C(C)(C)C)[C@H]1CC(=O)c1cc(C)n(CCOC)n1. The van der Waals surface area contributed by atoms with E-state index in [4.69, 9.17) is 9.16 Å². The fourth-order valence-corrected chi connectivity index (χ4v) is 16.4. The molecule has 0 radical (unpaired) electrons. The van der Waals surface area contributed by atoms with E-state index in [1.165, 1.54) is 0 Å². The average molecular weight is 652 g/mol. The summed E-state index contributed by atoms with van der Waals surface area (Å²) in [6, 6.07) is 1.70. The summed E-state index contributed by atoms with van der Waals surface area (Å²) in [7, 11) is -0.475. The molecule has 0 saturated carbocycles. The number of hydrogen-bond acceptors (Lipinski definition) is 5. The van der Waals surface area contributed by atoms with Crippen molar-refractivity contribution in [1.82, 2.24) is 14.5 Å². The van der Waals surface area contributed by atoms with E-state index in [1.54, 1.807) is 7.11 Å². The standard InChI is InChI=1S/C35H66N3O4PSi/c1-13-17-23-43(22-16-4,24-18-14-2,25-19-15-3)38-31(27-32(39)30-26-28(5)37(36-30)20-21-41-10)33(34(38)40)29(6)42-44(11,12)35(7,8)9/h16,26,29,31,33H,4,13-15,17-25,27H2,1-3,5-12H3/t29-,31-,33-/m1/s1. The van der Waals surface area contributed by atoms with Crippen molar-refractivity contribution in [3.05, 3.63) is 30.1 Å². The van der Waals surface area contributed by atoms with Gasteiger partial charge < -0.3 is 0 Å². The van der Waals surface area contributed by atoms with Crippen LogP contribution in [0.4, 0.5) is 0 Å². The number of ketones is 1. The van der Waals surface area contributed by atoms with Gasteiger partial charge in [0, 0.05) is 0 Å². The molecule has 3 atom stereocenters. The van der Waals surface area contributed by atoms with Crippen LogP contribution in [0.15, 0.2) is 18.7 Å². The number of β-lactam (4-membered cyclic amide) rings is 1. The third-order valence-corrected chi connectivity index (χ3v) is 22.5. The number of unbranched alkanes of at least 4 members (excludes halogenated alkanes) is 3. The summed E-state index contributed by atoms with van der Waals surface area (Å²) in [5, 5.41) is 4.71. The molecule has 1 saturated heterocycles. The van der Waals surface area contributed by atoms with Crippen molar-refractivity contribution in [3.8, 4) is 0 Å². The van der Waals surface area contributed by atoms with Gasteiger partial charge in [0.2, 0.25) is 0 Å². The zero-order valence-electron chi connectivity index (χ0n) is 30.2. The summed E-state index contributed by atoms with van der Waals surface area (Å²) in [5.41, 5.74) is 1.42. The molecule has 44 heavy (non-hydrogen) atoms. The molecule has 9 heteroatoms. The number of Topliss-reactive ketones (excluding diaryl/α,β-unsaturated/α-hetero) is 1. The van der Waals surface area contributed by atoms with E-state index in [1.807, 2.05) is 17.7 Å². The van der Waals surface area contributed by atoms with Gasteiger partial charge in [0.25, 0.3) is 0 Å². The number of methoxy groups -OCH3 is 1. The molecule has 254 valence electrons. The molecule has 1 aromatic rings. The van der Waals surface area contributed by atoms with Crippen LogP contribution in [0.25, 0.3) is 0 Å². The molecular weight excluding hydrogens is 585 g/mol. The van der Waals surface area contributed by atoms with E-state index in [2.05, 4.69) is 84.0 Å². The van der Waals surface area contributed by atoms with Crippen LogP contribution in [0.1, 0.15) is 110 Å². The number of carbonyl (C=O) groups is 2. The molecular formula is C35H66N3O4PSi. The molecule has 0 aromatic carbocycles. The summed E-state index contributed by atoms with van der Waals surface area (Å²) in [4.78, 5) is 28.9. The second kappa shape index (κ2) is 16.0. The van der Waals surface area contributed by atoms with Crippen LogP contribution < -0.4 is 0 Å². The number of rotatable bonds is 21. The summed E-state index contributed by atoms with van der Waals surface area (Å²) < 4.78 is 16.3. The van der Waals surface area contributed by atoms with Gasteiger partial charge in [0.05, 0.1) is 0 Å². The number of aromatic nitrogens is 2. The Bertz CT molecular complexity index is 1090. The third-order valence-electron chi connectivity index (χ3n) is 10.7. The maximum atomic E-state index is 14.8. The second-order valence-corrected chi connectivity index (χ2v) is 25.7. The van der Waals surface area contributed by atoms with Gasteiger partial charge in [0.1, 0.15) is 0 Å². The van der Waals surface area contributed by atoms with Crippen molar-refractivity contribution in [2.75, 3.05) is 38.4 Å². The number of hydrogen-bond donors (Lipinski definition) is 0. The molecule has 0 unspecified atom stereocenters. The molecule has 2 heterocycles. The number of aryl methyl sites for hydroxylation is 1.